The molecule has 0 atom stereocenters. The van der Waals surface area contributed by atoms with Crippen molar-refractivity contribution in [1.29, 1.82) is 0 Å². The van der Waals surface area contributed by atoms with Gasteiger partial charge in [0, 0.05) is 19.3 Å². The van der Waals surface area contributed by atoms with Crippen LogP contribution < -0.4 is 10.0 Å². The quantitative estimate of drug-likeness (QED) is 0.619. The summed E-state index contributed by atoms with van der Waals surface area (Å²) in [6.45, 7) is 0. The molecule has 2 aromatic carbocycles. The normalized spacial score (nSPS) is 11.2. The Hall–Kier alpha value is -3.40. The number of hydrogen-bond donors (Lipinski definition) is 2. The van der Waals surface area contributed by atoms with E-state index in [1.165, 1.54) is 43.6 Å². The van der Waals surface area contributed by atoms with E-state index in [9.17, 15) is 26.4 Å². The number of rotatable bonds is 5. The molecule has 0 saturated heterocycles. The molecule has 3 aromatic rings. The first-order chi connectivity index (χ1) is 13.7. The van der Waals surface area contributed by atoms with E-state index in [1.807, 2.05) is 0 Å². The van der Waals surface area contributed by atoms with E-state index < -0.39 is 39.1 Å². The molecule has 0 spiro atoms. The van der Waals surface area contributed by atoms with Crippen molar-refractivity contribution in [2.24, 2.45) is 0 Å². The van der Waals surface area contributed by atoms with Crippen LogP contribution in [0.3, 0.4) is 0 Å². The molecule has 0 fully saturated rings. The second-order valence-electron chi connectivity index (χ2n) is 5.89. The van der Waals surface area contributed by atoms with Crippen molar-refractivity contribution in [3.8, 4) is 11.1 Å². The van der Waals surface area contributed by atoms with Crippen molar-refractivity contribution in [1.82, 2.24) is 10.3 Å². The van der Waals surface area contributed by atoms with Crippen LogP contribution in [0, 0.1) is 17.6 Å². The molecular formula is C19H14F3N3O3S. The zero-order valence-corrected chi connectivity index (χ0v) is 15.7. The molecule has 0 saturated carbocycles. The van der Waals surface area contributed by atoms with Gasteiger partial charge in [0.2, 0.25) is 5.95 Å². The highest BCUT2D eigenvalue weighted by Gasteiger charge is 2.20. The Morgan fingerprint density at radius 1 is 0.931 bits per heavy atom. The van der Waals surface area contributed by atoms with Gasteiger partial charge in [-0.25, -0.2) is 22.2 Å². The SMILES string of the molecule is CNC(=O)c1c(F)cc(NS(=O)(=O)c2ccc(-c3ccnc(F)c3)cc2)cc1F. The van der Waals surface area contributed by atoms with Crippen LogP contribution in [0.25, 0.3) is 11.1 Å². The minimum absolute atomic E-state index is 0.174. The molecule has 6 nitrogen and oxygen atoms in total. The summed E-state index contributed by atoms with van der Waals surface area (Å²) in [4.78, 5) is 14.8. The zero-order chi connectivity index (χ0) is 21.2. The lowest BCUT2D eigenvalue weighted by atomic mass is 10.1. The Balaban J connectivity index is 1.87. The van der Waals surface area contributed by atoms with Crippen molar-refractivity contribution in [2.45, 2.75) is 4.90 Å². The Labute approximate surface area is 164 Å². The smallest absolute Gasteiger partial charge is 0.261 e. The monoisotopic (exact) mass is 421 g/mol. The van der Waals surface area contributed by atoms with Crippen molar-refractivity contribution in [2.75, 3.05) is 11.8 Å². The van der Waals surface area contributed by atoms with E-state index in [-0.39, 0.29) is 10.6 Å². The first-order valence-electron chi connectivity index (χ1n) is 8.17. The minimum atomic E-state index is -4.16. The number of hydrogen-bond acceptors (Lipinski definition) is 4. The molecule has 1 heterocycles. The summed E-state index contributed by atoms with van der Waals surface area (Å²) in [6, 6.07) is 9.62. The molecule has 1 amide bonds. The highest BCUT2D eigenvalue weighted by Crippen LogP contribution is 2.24. The molecule has 0 bridgehead atoms. The Bertz CT molecular complexity index is 1160. The third-order valence-corrected chi connectivity index (χ3v) is 5.37. The molecule has 0 aliphatic rings. The van der Waals surface area contributed by atoms with Gasteiger partial charge in [0.1, 0.15) is 17.2 Å². The maximum absolute atomic E-state index is 14.0. The van der Waals surface area contributed by atoms with Crippen molar-refractivity contribution < 1.29 is 26.4 Å². The fourth-order valence-electron chi connectivity index (χ4n) is 2.60. The lowest BCUT2D eigenvalue weighted by Gasteiger charge is -2.11. The summed E-state index contributed by atoms with van der Waals surface area (Å²) in [5.41, 5.74) is -0.141. The maximum Gasteiger partial charge on any atom is 0.261 e. The molecule has 2 N–H and O–H groups in total. The van der Waals surface area contributed by atoms with Crippen LogP contribution in [0.1, 0.15) is 10.4 Å². The van der Waals surface area contributed by atoms with Crippen molar-refractivity contribution in [3.05, 3.63) is 77.9 Å². The zero-order valence-electron chi connectivity index (χ0n) is 14.9. The van der Waals surface area contributed by atoms with E-state index in [2.05, 4.69) is 15.0 Å². The standard InChI is InChI=1S/C19H14F3N3O3S/c1-23-19(26)18-15(20)9-13(10-16(18)21)25-29(27,28)14-4-2-11(3-5-14)12-6-7-24-17(22)8-12/h2-10,25H,1H3,(H,23,26). The lowest BCUT2D eigenvalue weighted by molar-refractivity contribution is 0.0955. The summed E-state index contributed by atoms with van der Waals surface area (Å²) in [7, 11) is -2.95. The van der Waals surface area contributed by atoms with Gasteiger partial charge in [0.05, 0.1) is 10.6 Å². The highest BCUT2D eigenvalue weighted by molar-refractivity contribution is 7.92. The number of carbonyl (C=O) groups excluding carboxylic acids is 1. The summed E-state index contributed by atoms with van der Waals surface area (Å²) in [5, 5.41) is 2.09. The van der Waals surface area contributed by atoms with Crippen LogP contribution in [-0.4, -0.2) is 26.4 Å². The van der Waals surface area contributed by atoms with Crippen LogP contribution in [0.15, 0.2) is 59.6 Å². The fourth-order valence-corrected chi connectivity index (χ4v) is 3.64. The van der Waals surface area contributed by atoms with Gasteiger partial charge in [-0.05, 0) is 41.5 Å². The number of anilines is 1. The molecule has 0 radical (unpaired) electrons. The summed E-state index contributed by atoms with van der Waals surface area (Å²) >= 11 is 0. The van der Waals surface area contributed by atoms with Gasteiger partial charge in [-0.2, -0.15) is 4.39 Å². The second kappa shape index (κ2) is 7.92. The van der Waals surface area contributed by atoms with Gasteiger partial charge in [0.25, 0.3) is 15.9 Å². The minimum Gasteiger partial charge on any atom is -0.355 e. The number of carbonyl (C=O) groups is 1. The van der Waals surface area contributed by atoms with E-state index in [0.717, 1.165) is 0 Å². The molecule has 29 heavy (non-hydrogen) atoms. The van der Waals surface area contributed by atoms with Gasteiger partial charge >= 0.3 is 0 Å². The molecule has 0 aliphatic heterocycles. The number of nitrogens with one attached hydrogen (secondary N) is 2. The van der Waals surface area contributed by atoms with Crippen LogP contribution in [-0.2, 0) is 10.0 Å². The molecular weight excluding hydrogens is 407 g/mol. The average molecular weight is 421 g/mol. The van der Waals surface area contributed by atoms with Gasteiger partial charge in [0.15, 0.2) is 0 Å². The highest BCUT2D eigenvalue weighted by atomic mass is 32.2. The second-order valence-corrected chi connectivity index (χ2v) is 7.57. The van der Waals surface area contributed by atoms with Gasteiger partial charge in [-0.1, -0.05) is 12.1 Å². The largest absolute Gasteiger partial charge is 0.355 e. The van der Waals surface area contributed by atoms with E-state index in [4.69, 9.17) is 0 Å². The third kappa shape index (κ3) is 4.37. The molecule has 150 valence electrons. The van der Waals surface area contributed by atoms with E-state index in [0.29, 0.717) is 23.3 Å². The van der Waals surface area contributed by atoms with Crippen LogP contribution in [0.4, 0.5) is 18.9 Å². The van der Waals surface area contributed by atoms with Gasteiger partial charge in [-0.3, -0.25) is 9.52 Å². The third-order valence-electron chi connectivity index (χ3n) is 3.97. The van der Waals surface area contributed by atoms with E-state index >= 15 is 0 Å². The van der Waals surface area contributed by atoms with Gasteiger partial charge in [-0.15, -0.1) is 0 Å². The predicted octanol–water partition coefficient (Wildman–Crippen LogP) is 3.33. The molecule has 0 aliphatic carbocycles. The average Bonchev–Trinajstić information content (AvgIpc) is 2.67. The Morgan fingerprint density at radius 3 is 2.10 bits per heavy atom. The summed E-state index contributed by atoms with van der Waals surface area (Å²) in [6.07, 6.45) is 1.28. The first kappa shape index (κ1) is 20.3. The van der Waals surface area contributed by atoms with Crippen LogP contribution in [0.2, 0.25) is 0 Å². The van der Waals surface area contributed by atoms with Crippen LogP contribution >= 0.6 is 0 Å². The number of aromatic nitrogens is 1. The van der Waals surface area contributed by atoms with Crippen molar-refractivity contribution in [3.63, 3.8) is 0 Å². The molecule has 10 heteroatoms. The fraction of sp³-hybridized carbons (Fsp3) is 0.0526. The Kier molecular flexibility index (Phi) is 5.55. The number of benzene rings is 2. The lowest BCUT2D eigenvalue weighted by Crippen LogP contribution is -2.21. The maximum atomic E-state index is 14.0. The number of amides is 1. The topological polar surface area (TPSA) is 88.2 Å². The van der Waals surface area contributed by atoms with E-state index in [1.54, 1.807) is 6.07 Å². The first-order valence-corrected chi connectivity index (χ1v) is 9.65. The predicted molar refractivity (Wildman–Crippen MR) is 100 cm³/mol. The number of pyridine rings is 1. The molecule has 0 unspecified atom stereocenters. The summed E-state index contributed by atoms with van der Waals surface area (Å²) in [5.74, 6) is -4.07. The van der Waals surface area contributed by atoms with Crippen LogP contribution in [0.5, 0.6) is 0 Å². The summed E-state index contributed by atoms with van der Waals surface area (Å²) < 4.78 is 68.3. The van der Waals surface area contributed by atoms with Gasteiger partial charge < -0.3 is 5.32 Å². The number of nitrogens with zero attached hydrogens (tertiary/aromatic N) is 1. The van der Waals surface area contributed by atoms with Crippen molar-refractivity contribution >= 4 is 21.6 Å². The Morgan fingerprint density at radius 2 is 1.55 bits per heavy atom. The number of halogens is 3. The molecule has 1 aromatic heterocycles. The molecule has 3 rings (SSSR count). The number of sulfonamides is 1.